The molecule has 166 valence electrons. The van der Waals surface area contributed by atoms with Crippen LogP contribution in [0.15, 0.2) is 70.1 Å². The summed E-state index contributed by atoms with van der Waals surface area (Å²) in [7, 11) is 0. The first-order valence-corrected chi connectivity index (χ1v) is 10.5. The van der Waals surface area contributed by atoms with E-state index in [1.807, 2.05) is 0 Å². The maximum atomic E-state index is 13.2. The highest BCUT2D eigenvalue weighted by Gasteiger charge is 2.31. The smallest absolute Gasteiger partial charge is 0.292 e. The molecule has 0 aliphatic carbocycles. The first-order valence-electron chi connectivity index (χ1n) is 9.66. The van der Waals surface area contributed by atoms with E-state index in [2.05, 4.69) is 31.3 Å². The SMILES string of the molecule is O=C(Nc1nc(=O)c2cnn3c2n1CC=C3c1cccc(C(F)(F)F)c1)c1ccc(Br)cc1. The first kappa shape index (κ1) is 21.1. The van der Waals surface area contributed by atoms with Crippen LogP contribution in [0.2, 0.25) is 0 Å². The highest BCUT2D eigenvalue weighted by molar-refractivity contribution is 9.10. The van der Waals surface area contributed by atoms with Gasteiger partial charge in [0.25, 0.3) is 11.5 Å². The maximum Gasteiger partial charge on any atom is 0.416 e. The van der Waals surface area contributed by atoms with Gasteiger partial charge in [-0.3, -0.25) is 19.5 Å². The van der Waals surface area contributed by atoms with E-state index in [9.17, 15) is 22.8 Å². The molecule has 0 unspecified atom stereocenters. The Bertz CT molecular complexity index is 1500. The lowest BCUT2D eigenvalue weighted by Gasteiger charge is -2.21. The van der Waals surface area contributed by atoms with Gasteiger partial charge in [-0.15, -0.1) is 0 Å². The minimum Gasteiger partial charge on any atom is -0.292 e. The number of benzene rings is 2. The lowest BCUT2D eigenvalue weighted by molar-refractivity contribution is -0.137. The molecular formula is C22H13BrF3N5O2. The van der Waals surface area contributed by atoms with Gasteiger partial charge >= 0.3 is 6.18 Å². The third-order valence-corrected chi connectivity index (χ3v) is 5.73. The Morgan fingerprint density at radius 2 is 1.88 bits per heavy atom. The quantitative estimate of drug-likeness (QED) is 0.434. The fourth-order valence-electron chi connectivity index (χ4n) is 3.65. The van der Waals surface area contributed by atoms with Crippen molar-refractivity contribution in [2.24, 2.45) is 0 Å². The van der Waals surface area contributed by atoms with Gasteiger partial charge in [0, 0.05) is 22.1 Å². The highest BCUT2D eigenvalue weighted by atomic mass is 79.9. The molecule has 0 spiro atoms. The average Bonchev–Trinajstić information content (AvgIpc) is 3.23. The number of nitrogens with one attached hydrogen (secondary N) is 1. The summed E-state index contributed by atoms with van der Waals surface area (Å²) in [5.41, 5.74) is -0.00751. The van der Waals surface area contributed by atoms with Crippen LogP contribution in [-0.2, 0) is 12.7 Å². The monoisotopic (exact) mass is 515 g/mol. The Balaban J connectivity index is 1.58. The predicted octanol–water partition coefficient (Wildman–Crippen LogP) is 4.53. The number of anilines is 1. The van der Waals surface area contributed by atoms with Crippen LogP contribution in [0, 0.1) is 0 Å². The number of carbonyl (C=O) groups is 1. The zero-order chi connectivity index (χ0) is 23.3. The molecule has 0 fully saturated rings. The summed E-state index contributed by atoms with van der Waals surface area (Å²) < 4.78 is 43.3. The zero-order valence-corrected chi connectivity index (χ0v) is 18.2. The number of aromatic nitrogens is 4. The second-order valence-corrected chi connectivity index (χ2v) is 8.19. The number of alkyl halides is 3. The van der Waals surface area contributed by atoms with Gasteiger partial charge in [-0.05, 0) is 42.5 Å². The summed E-state index contributed by atoms with van der Waals surface area (Å²) in [6.07, 6.45) is -1.52. The number of amides is 1. The second-order valence-electron chi connectivity index (χ2n) is 7.27. The van der Waals surface area contributed by atoms with Crippen molar-refractivity contribution >= 4 is 44.5 Å². The van der Waals surface area contributed by atoms with Crippen LogP contribution in [-0.4, -0.2) is 25.2 Å². The number of hydrogen-bond acceptors (Lipinski definition) is 4. The summed E-state index contributed by atoms with van der Waals surface area (Å²) in [6, 6.07) is 11.5. The van der Waals surface area contributed by atoms with Crippen LogP contribution < -0.4 is 10.9 Å². The van der Waals surface area contributed by atoms with E-state index in [4.69, 9.17) is 0 Å². The molecule has 0 saturated heterocycles. The van der Waals surface area contributed by atoms with Crippen molar-refractivity contribution in [2.45, 2.75) is 12.7 Å². The van der Waals surface area contributed by atoms with E-state index in [1.54, 1.807) is 41.0 Å². The zero-order valence-electron chi connectivity index (χ0n) is 16.6. The molecule has 0 radical (unpaired) electrons. The molecule has 2 aromatic heterocycles. The number of nitrogens with zero attached hydrogens (tertiary/aromatic N) is 4. The van der Waals surface area contributed by atoms with Crippen LogP contribution in [0.4, 0.5) is 19.1 Å². The summed E-state index contributed by atoms with van der Waals surface area (Å²) in [6.45, 7) is 0.164. The van der Waals surface area contributed by atoms with Crippen LogP contribution in [0.5, 0.6) is 0 Å². The normalized spacial score (nSPS) is 13.2. The standard InChI is InChI=1S/C22H13BrF3N5O2/c23-15-6-4-12(5-7-15)18(32)28-21-29-19(33)16-11-27-31-17(8-9-30(21)20(16)31)13-2-1-3-14(10-13)22(24,25)26/h1-8,10-11H,9H2,(H,28,29,32,33). The summed E-state index contributed by atoms with van der Waals surface area (Å²) in [4.78, 5) is 29.2. The van der Waals surface area contributed by atoms with Gasteiger partial charge in [-0.25, -0.2) is 4.68 Å². The number of carbonyl (C=O) groups excluding carboxylic acids is 1. The van der Waals surface area contributed by atoms with Crippen molar-refractivity contribution in [3.05, 3.63) is 92.3 Å². The van der Waals surface area contributed by atoms with Gasteiger partial charge < -0.3 is 0 Å². The van der Waals surface area contributed by atoms with Crippen LogP contribution in [0.3, 0.4) is 0 Å². The Hall–Kier alpha value is -3.73. The predicted molar refractivity (Wildman–Crippen MR) is 119 cm³/mol. The van der Waals surface area contributed by atoms with E-state index >= 15 is 0 Å². The summed E-state index contributed by atoms with van der Waals surface area (Å²) >= 11 is 3.30. The van der Waals surface area contributed by atoms with E-state index in [1.165, 1.54) is 16.9 Å². The summed E-state index contributed by atoms with van der Waals surface area (Å²) in [5, 5.41) is 7.05. The van der Waals surface area contributed by atoms with E-state index in [0.717, 1.165) is 16.6 Å². The van der Waals surface area contributed by atoms with Crippen molar-refractivity contribution in [2.75, 3.05) is 5.32 Å². The molecule has 5 rings (SSSR count). The molecule has 0 saturated carbocycles. The molecule has 1 amide bonds. The Labute approximate surface area is 192 Å². The van der Waals surface area contributed by atoms with E-state index in [-0.39, 0.29) is 17.9 Å². The van der Waals surface area contributed by atoms with Crippen LogP contribution in [0.25, 0.3) is 16.7 Å². The lowest BCUT2D eigenvalue weighted by atomic mass is 10.1. The molecule has 0 atom stereocenters. The molecular weight excluding hydrogens is 503 g/mol. The molecule has 1 aliphatic heterocycles. The maximum absolute atomic E-state index is 13.2. The van der Waals surface area contributed by atoms with Gasteiger partial charge in [0.15, 0.2) is 5.65 Å². The van der Waals surface area contributed by atoms with Crippen molar-refractivity contribution in [3.8, 4) is 0 Å². The third kappa shape index (κ3) is 3.74. The van der Waals surface area contributed by atoms with Crippen molar-refractivity contribution in [1.29, 1.82) is 0 Å². The third-order valence-electron chi connectivity index (χ3n) is 5.21. The topological polar surface area (TPSA) is 81.8 Å². The largest absolute Gasteiger partial charge is 0.416 e. The molecule has 11 heteroatoms. The molecule has 1 aliphatic rings. The highest BCUT2D eigenvalue weighted by Crippen LogP contribution is 2.33. The fraction of sp³-hybridized carbons (Fsp3) is 0.0909. The number of allylic oxidation sites excluding steroid dienone is 1. The second kappa shape index (κ2) is 7.69. The number of rotatable bonds is 3. The lowest BCUT2D eigenvalue weighted by Crippen LogP contribution is -2.25. The minimum absolute atomic E-state index is 0.0153. The molecule has 3 heterocycles. The molecule has 4 aromatic rings. The summed E-state index contributed by atoms with van der Waals surface area (Å²) in [5.74, 6) is -0.447. The molecule has 1 N–H and O–H groups in total. The van der Waals surface area contributed by atoms with Crippen LogP contribution in [0.1, 0.15) is 21.5 Å². The average molecular weight is 516 g/mol. The minimum atomic E-state index is -4.49. The van der Waals surface area contributed by atoms with E-state index in [0.29, 0.717) is 22.5 Å². The van der Waals surface area contributed by atoms with Gasteiger partial charge in [0.05, 0.1) is 17.5 Å². The Morgan fingerprint density at radius 1 is 1.12 bits per heavy atom. The number of hydrogen-bond donors (Lipinski definition) is 1. The van der Waals surface area contributed by atoms with E-state index < -0.39 is 23.2 Å². The molecule has 0 bridgehead atoms. The van der Waals surface area contributed by atoms with Gasteiger partial charge in [-0.1, -0.05) is 28.1 Å². The molecule has 7 nitrogen and oxygen atoms in total. The Kier molecular flexibility index (Phi) is 4.93. The van der Waals surface area contributed by atoms with Gasteiger partial charge in [0.2, 0.25) is 5.95 Å². The van der Waals surface area contributed by atoms with Crippen molar-refractivity contribution in [1.82, 2.24) is 19.3 Å². The number of halogens is 4. The Morgan fingerprint density at radius 3 is 2.61 bits per heavy atom. The molecule has 33 heavy (non-hydrogen) atoms. The van der Waals surface area contributed by atoms with Gasteiger partial charge in [0.1, 0.15) is 5.39 Å². The van der Waals surface area contributed by atoms with Crippen molar-refractivity contribution in [3.63, 3.8) is 0 Å². The first-order chi connectivity index (χ1) is 15.7. The van der Waals surface area contributed by atoms with Crippen molar-refractivity contribution < 1.29 is 18.0 Å². The van der Waals surface area contributed by atoms with Crippen LogP contribution >= 0.6 is 15.9 Å². The molecule has 2 aromatic carbocycles. The van der Waals surface area contributed by atoms with Gasteiger partial charge in [-0.2, -0.15) is 23.3 Å². The fourth-order valence-corrected chi connectivity index (χ4v) is 3.91.